The lowest BCUT2D eigenvalue weighted by Gasteiger charge is -2.24. The summed E-state index contributed by atoms with van der Waals surface area (Å²) in [5.41, 5.74) is 10.9. The quantitative estimate of drug-likeness (QED) is 0.103. The fourth-order valence-electron chi connectivity index (χ4n) is 2.33. The summed E-state index contributed by atoms with van der Waals surface area (Å²) in [5, 5.41) is 24.6. The largest absolute Gasteiger partial charge is 0.481 e. The summed E-state index contributed by atoms with van der Waals surface area (Å²) in [5.74, 6) is -5.93. The molecule has 0 saturated carbocycles. The van der Waals surface area contributed by atoms with Crippen LogP contribution in [0.2, 0.25) is 0 Å². The van der Waals surface area contributed by atoms with Crippen LogP contribution < -0.4 is 27.4 Å². The van der Waals surface area contributed by atoms with Crippen LogP contribution in [0.25, 0.3) is 0 Å². The number of carbonyl (C=O) groups is 6. The molecular weight excluding hydrogens is 466 g/mol. The lowest BCUT2D eigenvalue weighted by molar-refractivity contribution is -0.141. The molecule has 0 rings (SSSR count). The first-order valence-corrected chi connectivity index (χ1v) is 11.4. The van der Waals surface area contributed by atoms with Crippen LogP contribution in [-0.2, 0) is 28.8 Å². The van der Waals surface area contributed by atoms with Gasteiger partial charge >= 0.3 is 11.9 Å². The van der Waals surface area contributed by atoms with E-state index in [0.717, 1.165) is 0 Å². The topological polar surface area (TPSA) is 231 Å². The molecule has 182 valence electrons. The van der Waals surface area contributed by atoms with E-state index in [1.165, 1.54) is 11.8 Å². The number of amides is 4. The smallest absolute Gasteiger partial charge is 0.327 e. The zero-order valence-electron chi connectivity index (χ0n) is 17.4. The Kier molecular flexibility index (Phi) is 14.1. The van der Waals surface area contributed by atoms with Gasteiger partial charge in [-0.3, -0.25) is 24.0 Å². The SMILES string of the molecule is CSCCC(N)C(=O)NC(CCC(=O)O)C(=O)NC(CC(N)=O)C(=O)NC(CS)C(=O)O. The van der Waals surface area contributed by atoms with Gasteiger partial charge in [0.15, 0.2) is 0 Å². The molecule has 0 bridgehead atoms. The van der Waals surface area contributed by atoms with Gasteiger partial charge in [0.2, 0.25) is 23.6 Å². The van der Waals surface area contributed by atoms with Crippen molar-refractivity contribution >= 4 is 60.0 Å². The number of hydrogen-bond acceptors (Lipinski definition) is 9. The second kappa shape index (κ2) is 15.3. The van der Waals surface area contributed by atoms with E-state index in [4.69, 9.17) is 21.7 Å². The first-order valence-electron chi connectivity index (χ1n) is 9.42. The molecule has 0 aliphatic heterocycles. The van der Waals surface area contributed by atoms with E-state index >= 15 is 0 Å². The van der Waals surface area contributed by atoms with Crippen molar-refractivity contribution in [1.82, 2.24) is 16.0 Å². The van der Waals surface area contributed by atoms with Crippen molar-refractivity contribution in [3.8, 4) is 0 Å². The molecule has 4 atom stereocenters. The molecule has 0 heterocycles. The maximum absolute atomic E-state index is 12.7. The Hall–Kier alpha value is -2.52. The fourth-order valence-corrected chi connectivity index (χ4v) is 3.07. The minimum absolute atomic E-state index is 0.260. The predicted octanol–water partition coefficient (Wildman–Crippen LogP) is -2.72. The Balaban J connectivity index is 5.45. The van der Waals surface area contributed by atoms with Gasteiger partial charge in [0, 0.05) is 12.2 Å². The number of carboxylic acid groups (broad SMARTS) is 2. The van der Waals surface area contributed by atoms with Gasteiger partial charge in [-0.1, -0.05) is 0 Å². The number of aliphatic carboxylic acids is 2. The highest BCUT2D eigenvalue weighted by Gasteiger charge is 2.31. The maximum Gasteiger partial charge on any atom is 0.327 e. The average molecular weight is 496 g/mol. The molecule has 0 aliphatic carbocycles. The van der Waals surface area contributed by atoms with Crippen LogP contribution in [0.15, 0.2) is 0 Å². The molecule has 0 fully saturated rings. The summed E-state index contributed by atoms with van der Waals surface area (Å²) in [4.78, 5) is 70.7. The molecular formula is C17H29N5O8S2. The molecule has 4 amide bonds. The van der Waals surface area contributed by atoms with Crippen molar-refractivity contribution in [2.24, 2.45) is 11.5 Å². The summed E-state index contributed by atoms with van der Waals surface area (Å²) in [7, 11) is 0. The first kappa shape index (κ1) is 29.5. The zero-order chi connectivity index (χ0) is 24.8. The lowest BCUT2D eigenvalue weighted by Crippen LogP contribution is -2.58. The molecule has 0 spiro atoms. The van der Waals surface area contributed by atoms with Gasteiger partial charge in [-0.05, 0) is 24.9 Å². The van der Waals surface area contributed by atoms with Crippen molar-refractivity contribution in [2.45, 2.75) is 49.9 Å². The normalized spacial score (nSPS) is 14.3. The summed E-state index contributed by atoms with van der Waals surface area (Å²) in [6, 6.07) is -5.27. The third-order valence-electron chi connectivity index (χ3n) is 4.09. The highest BCUT2D eigenvalue weighted by molar-refractivity contribution is 7.98. The number of rotatable bonds is 16. The molecule has 4 unspecified atom stereocenters. The van der Waals surface area contributed by atoms with Crippen LogP contribution in [0.5, 0.6) is 0 Å². The van der Waals surface area contributed by atoms with Crippen LogP contribution in [0.4, 0.5) is 0 Å². The zero-order valence-corrected chi connectivity index (χ0v) is 19.1. The Bertz CT molecular complexity index is 708. The molecule has 15 heteroatoms. The van der Waals surface area contributed by atoms with Crippen LogP contribution >= 0.6 is 24.4 Å². The Labute approximate surface area is 194 Å². The second-order valence-corrected chi connectivity index (χ2v) is 8.05. The standard InChI is InChI=1S/C17H29N5O8S2/c1-32-5-4-8(18)14(26)20-9(2-3-13(24)25)15(27)21-10(6-12(19)23)16(28)22-11(7-31)17(29)30/h8-11,31H,2-7,18H2,1H3,(H2,19,23)(H,20,26)(H,21,27)(H,22,28)(H,24,25)(H,29,30). The number of nitrogens with one attached hydrogen (secondary N) is 3. The number of carboxylic acids is 2. The minimum Gasteiger partial charge on any atom is -0.481 e. The number of thioether (sulfide) groups is 1. The number of carbonyl (C=O) groups excluding carboxylic acids is 4. The van der Waals surface area contributed by atoms with Crippen molar-refractivity contribution in [2.75, 3.05) is 17.8 Å². The minimum atomic E-state index is -1.56. The molecule has 0 aromatic heterocycles. The summed E-state index contributed by atoms with van der Waals surface area (Å²) in [6.45, 7) is 0. The summed E-state index contributed by atoms with van der Waals surface area (Å²) in [6.07, 6.45) is 0.671. The Morgan fingerprint density at radius 3 is 1.91 bits per heavy atom. The maximum atomic E-state index is 12.7. The Morgan fingerprint density at radius 1 is 0.906 bits per heavy atom. The molecule has 32 heavy (non-hydrogen) atoms. The average Bonchev–Trinajstić information content (AvgIpc) is 2.71. The monoisotopic (exact) mass is 495 g/mol. The van der Waals surface area contributed by atoms with Gasteiger partial charge in [0.1, 0.15) is 18.1 Å². The van der Waals surface area contributed by atoms with Crippen molar-refractivity contribution in [1.29, 1.82) is 0 Å². The van der Waals surface area contributed by atoms with Crippen LogP contribution in [0, 0.1) is 0 Å². The Morgan fingerprint density at radius 2 is 1.44 bits per heavy atom. The van der Waals surface area contributed by atoms with E-state index in [-0.39, 0.29) is 12.2 Å². The second-order valence-electron chi connectivity index (χ2n) is 6.70. The van der Waals surface area contributed by atoms with E-state index in [1.54, 1.807) is 0 Å². The lowest BCUT2D eigenvalue weighted by atomic mass is 10.1. The van der Waals surface area contributed by atoms with Gasteiger partial charge in [-0.25, -0.2) is 4.79 Å². The van der Waals surface area contributed by atoms with Gasteiger partial charge in [0.25, 0.3) is 0 Å². The molecule has 0 aromatic rings. The molecule has 9 N–H and O–H groups in total. The van der Waals surface area contributed by atoms with Gasteiger partial charge in [-0.2, -0.15) is 24.4 Å². The molecule has 0 aliphatic rings. The van der Waals surface area contributed by atoms with Gasteiger partial charge in [0.05, 0.1) is 12.5 Å². The van der Waals surface area contributed by atoms with Crippen LogP contribution in [-0.4, -0.2) is 87.7 Å². The summed E-state index contributed by atoms with van der Waals surface area (Å²) < 4.78 is 0. The number of hydrogen-bond donors (Lipinski definition) is 8. The molecule has 0 radical (unpaired) electrons. The highest BCUT2D eigenvalue weighted by Crippen LogP contribution is 2.04. The highest BCUT2D eigenvalue weighted by atomic mass is 32.2. The number of nitrogens with two attached hydrogens (primary N) is 2. The van der Waals surface area contributed by atoms with E-state index < -0.39 is 72.6 Å². The fraction of sp³-hybridized carbons (Fsp3) is 0.647. The van der Waals surface area contributed by atoms with Crippen molar-refractivity contribution in [3.63, 3.8) is 0 Å². The molecule has 0 aromatic carbocycles. The first-order chi connectivity index (χ1) is 14.9. The third-order valence-corrected chi connectivity index (χ3v) is 5.09. The van der Waals surface area contributed by atoms with Crippen molar-refractivity contribution in [3.05, 3.63) is 0 Å². The van der Waals surface area contributed by atoms with E-state index in [2.05, 4.69) is 28.6 Å². The van der Waals surface area contributed by atoms with E-state index in [0.29, 0.717) is 12.2 Å². The number of primary amides is 1. The van der Waals surface area contributed by atoms with Gasteiger partial charge < -0.3 is 37.6 Å². The van der Waals surface area contributed by atoms with E-state index in [1.807, 2.05) is 6.26 Å². The van der Waals surface area contributed by atoms with Crippen molar-refractivity contribution < 1.29 is 39.0 Å². The molecule has 0 saturated heterocycles. The van der Waals surface area contributed by atoms with Crippen LogP contribution in [0.1, 0.15) is 25.7 Å². The number of thiol groups is 1. The predicted molar refractivity (Wildman–Crippen MR) is 119 cm³/mol. The van der Waals surface area contributed by atoms with Crippen LogP contribution in [0.3, 0.4) is 0 Å². The third kappa shape index (κ3) is 11.8. The van der Waals surface area contributed by atoms with Gasteiger partial charge in [-0.15, -0.1) is 0 Å². The van der Waals surface area contributed by atoms with E-state index in [9.17, 15) is 28.8 Å². The molecule has 13 nitrogen and oxygen atoms in total. The summed E-state index contributed by atoms with van der Waals surface area (Å²) >= 11 is 5.27.